The van der Waals surface area contributed by atoms with Crippen molar-refractivity contribution in [2.24, 2.45) is 23.7 Å². The fourth-order valence-electron chi connectivity index (χ4n) is 16.0. The molecule has 0 amide bonds. The molecule has 2 aromatic heterocycles. The van der Waals surface area contributed by atoms with Crippen LogP contribution in [0.4, 0.5) is 34.1 Å². The van der Waals surface area contributed by atoms with E-state index in [1.807, 2.05) is 0 Å². The summed E-state index contributed by atoms with van der Waals surface area (Å²) in [6.45, 7) is 13.8. The fourth-order valence-corrected chi connectivity index (χ4v) is 16.0. The molecule has 0 aliphatic heterocycles. The second-order valence-corrected chi connectivity index (χ2v) is 25.8. The highest BCUT2D eigenvalue weighted by atomic mass is 16.3. The van der Waals surface area contributed by atoms with E-state index in [0.717, 1.165) is 78.5 Å². The summed E-state index contributed by atoms with van der Waals surface area (Å²) in [6, 6.07) is 73.6. The molecule has 0 unspecified atom stereocenters. The Bertz CT molecular complexity index is 4400. The average Bonchev–Trinajstić information content (AvgIpc) is 2.10. The molecule has 5 aliphatic carbocycles. The van der Waals surface area contributed by atoms with Gasteiger partial charge in [0.15, 0.2) is 0 Å². The van der Waals surface area contributed by atoms with Crippen LogP contribution >= 0.6 is 0 Å². The van der Waals surface area contributed by atoms with Crippen molar-refractivity contribution >= 4 is 99.5 Å². The van der Waals surface area contributed by atoms with E-state index in [-0.39, 0.29) is 16.2 Å². The van der Waals surface area contributed by atoms with Gasteiger partial charge in [0, 0.05) is 60.8 Å². The summed E-state index contributed by atoms with van der Waals surface area (Å²) in [7, 11) is 0. The molecular formula is C74H64N2O2. The van der Waals surface area contributed by atoms with E-state index >= 15 is 0 Å². The lowest BCUT2D eigenvalue weighted by Gasteiger charge is -2.61. The van der Waals surface area contributed by atoms with Crippen LogP contribution in [0.2, 0.25) is 0 Å². The number of furan rings is 2. The summed E-state index contributed by atoms with van der Waals surface area (Å²) in [5.74, 6) is 2.68. The van der Waals surface area contributed by atoms with Crippen LogP contribution in [-0.2, 0) is 16.2 Å². The number of hydrogen-bond donors (Lipinski definition) is 0. The predicted molar refractivity (Wildman–Crippen MR) is 326 cm³/mol. The summed E-state index contributed by atoms with van der Waals surface area (Å²) in [5.41, 5.74) is 19.1. The van der Waals surface area contributed by atoms with Crippen molar-refractivity contribution in [1.29, 1.82) is 0 Å². The summed E-state index contributed by atoms with van der Waals surface area (Å²) >= 11 is 0. The van der Waals surface area contributed by atoms with Crippen molar-refractivity contribution in [3.05, 3.63) is 216 Å². The van der Waals surface area contributed by atoms with Crippen molar-refractivity contribution < 1.29 is 8.83 Å². The molecule has 17 rings (SSSR count). The van der Waals surface area contributed by atoms with Crippen LogP contribution in [0, 0.1) is 23.7 Å². The molecule has 4 nitrogen and oxygen atoms in total. The highest BCUT2D eigenvalue weighted by Crippen LogP contribution is 2.71. The molecule has 4 bridgehead atoms. The first kappa shape index (κ1) is 46.1. The van der Waals surface area contributed by atoms with Gasteiger partial charge in [-0.15, -0.1) is 0 Å². The van der Waals surface area contributed by atoms with Gasteiger partial charge in [-0.2, -0.15) is 0 Å². The van der Waals surface area contributed by atoms with E-state index < -0.39 is 0 Å². The largest absolute Gasteiger partial charge is 0.456 e. The minimum Gasteiger partial charge on any atom is -0.456 e. The molecule has 10 aromatic carbocycles. The molecule has 4 heteroatoms. The maximum Gasteiger partial charge on any atom is 0.135 e. The first-order valence-electron chi connectivity index (χ1n) is 28.6. The van der Waals surface area contributed by atoms with Crippen molar-refractivity contribution in [2.75, 3.05) is 9.80 Å². The molecule has 0 N–H and O–H groups in total. The maximum atomic E-state index is 6.48. The second-order valence-electron chi connectivity index (χ2n) is 25.8. The number of hydrogen-bond acceptors (Lipinski definition) is 4. The third kappa shape index (κ3) is 6.71. The van der Waals surface area contributed by atoms with Gasteiger partial charge < -0.3 is 18.6 Å². The Hall–Kier alpha value is -8.08. The number of benzene rings is 10. The fraction of sp³-hybridized carbons (Fsp3) is 0.243. The van der Waals surface area contributed by atoms with Crippen LogP contribution in [0.15, 0.2) is 203 Å². The molecule has 1 spiro atoms. The van der Waals surface area contributed by atoms with E-state index in [1.165, 1.54) is 92.8 Å². The maximum absolute atomic E-state index is 6.48. The topological polar surface area (TPSA) is 32.8 Å². The van der Waals surface area contributed by atoms with Gasteiger partial charge in [-0.25, -0.2) is 0 Å². The lowest BCUT2D eigenvalue weighted by atomic mass is 9.43. The zero-order chi connectivity index (χ0) is 52.4. The molecule has 2 heterocycles. The Balaban J connectivity index is 0.951. The Morgan fingerprint density at radius 1 is 0.385 bits per heavy atom. The van der Waals surface area contributed by atoms with Crippen molar-refractivity contribution in [3.63, 3.8) is 0 Å². The van der Waals surface area contributed by atoms with Gasteiger partial charge >= 0.3 is 0 Å². The molecule has 12 aromatic rings. The molecule has 0 saturated heterocycles. The zero-order valence-corrected chi connectivity index (χ0v) is 45.5. The summed E-state index contributed by atoms with van der Waals surface area (Å²) in [4.78, 5) is 5.07. The van der Waals surface area contributed by atoms with Gasteiger partial charge in [-0.1, -0.05) is 145 Å². The Kier molecular flexibility index (Phi) is 9.73. The Morgan fingerprint density at radius 2 is 0.821 bits per heavy atom. The molecule has 4 fully saturated rings. The lowest BCUT2D eigenvalue weighted by Crippen LogP contribution is -2.55. The van der Waals surface area contributed by atoms with Crippen LogP contribution in [0.5, 0.6) is 0 Å². The number of fused-ring (bicyclic) bond motifs is 13. The van der Waals surface area contributed by atoms with Crippen LogP contribution in [-0.4, -0.2) is 0 Å². The van der Waals surface area contributed by atoms with Gasteiger partial charge in [0.1, 0.15) is 22.3 Å². The van der Waals surface area contributed by atoms with E-state index in [2.05, 4.69) is 245 Å². The van der Waals surface area contributed by atoms with Gasteiger partial charge in [-0.3, -0.25) is 0 Å². The Labute approximate surface area is 456 Å². The molecule has 4 saturated carbocycles. The number of rotatable bonds is 6. The van der Waals surface area contributed by atoms with Crippen molar-refractivity contribution in [2.45, 2.75) is 89.9 Å². The molecule has 0 radical (unpaired) electrons. The molecule has 78 heavy (non-hydrogen) atoms. The van der Waals surface area contributed by atoms with Crippen molar-refractivity contribution in [3.8, 4) is 11.1 Å². The van der Waals surface area contributed by atoms with E-state index in [9.17, 15) is 0 Å². The van der Waals surface area contributed by atoms with E-state index in [1.54, 1.807) is 5.56 Å². The minimum atomic E-state index is -0.157. The van der Waals surface area contributed by atoms with Gasteiger partial charge in [0.05, 0.1) is 5.69 Å². The average molecular weight is 1010 g/mol. The Morgan fingerprint density at radius 3 is 1.37 bits per heavy atom. The van der Waals surface area contributed by atoms with Crippen molar-refractivity contribution in [1.82, 2.24) is 0 Å². The smallest absolute Gasteiger partial charge is 0.135 e. The van der Waals surface area contributed by atoms with Gasteiger partial charge in [-0.05, 0) is 207 Å². The highest BCUT2D eigenvalue weighted by molar-refractivity contribution is 6.14. The molecule has 5 aliphatic rings. The SMILES string of the molecule is CC(C)(C)c1ccc(N(c2ccc3ccc4c(c3c2)C2(c3cc(N(c5ccc(C(C)(C)C)cc5)c5ccc6oc7ccccc7c6c5)c5ccccc5c3-4)C3CC4CC(C3)CC2C4)c2ccc3oc4ccccc4c3c2)cc1. The predicted octanol–water partition coefficient (Wildman–Crippen LogP) is 21.0. The highest BCUT2D eigenvalue weighted by Gasteiger charge is 2.62. The quantitative estimate of drug-likeness (QED) is 0.166. The normalized spacial score (nSPS) is 20.5. The first-order valence-corrected chi connectivity index (χ1v) is 28.6. The van der Waals surface area contributed by atoms with Crippen LogP contribution in [0.3, 0.4) is 0 Å². The van der Waals surface area contributed by atoms with Gasteiger partial charge in [0.2, 0.25) is 0 Å². The number of anilines is 6. The standard InChI is InChI=1S/C74H64N2O2/c1-72(2,3)47-21-26-51(27-22-47)75(54-30-33-68-62(41-54)57-14-9-11-17-66(57)77-68)53-25-19-46-20-32-60-70-59-16-8-7-13-56(59)65(43-64(70)74(71(60)61(46)40-53)49-36-44-35-45(38-49)39-50(74)37-44)76(52-28-23-48(24-29-52)73(4,5)6)55-31-34-69-63(42-55)58-15-10-12-18-67(58)78-69/h7-34,40-45,49-50H,35-39H2,1-6H3. The van der Waals surface area contributed by atoms with Gasteiger partial charge in [0.25, 0.3) is 0 Å². The molecular weight excluding hydrogens is 949 g/mol. The number of nitrogens with zero attached hydrogens (tertiary/aromatic N) is 2. The van der Waals surface area contributed by atoms with Crippen LogP contribution in [0.25, 0.3) is 76.5 Å². The molecule has 0 atom stereocenters. The van der Waals surface area contributed by atoms with Crippen LogP contribution in [0.1, 0.15) is 95.9 Å². The zero-order valence-electron chi connectivity index (χ0n) is 45.5. The minimum absolute atomic E-state index is 0.0225. The number of para-hydroxylation sites is 2. The summed E-state index contributed by atoms with van der Waals surface area (Å²) < 4.78 is 12.9. The summed E-state index contributed by atoms with van der Waals surface area (Å²) in [5, 5.41) is 9.83. The van der Waals surface area contributed by atoms with E-state index in [0.29, 0.717) is 11.8 Å². The first-order chi connectivity index (χ1) is 37.9. The third-order valence-electron chi connectivity index (χ3n) is 19.3. The lowest BCUT2D eigenvalue weighted by molar-refractivity contribution is -0.0393. The third-order valence-corrected chi connectivity index (χ3v) is 19.3. The second kappa shape index (κ2) is 16.5. The summed E-state index contributed by atoms with van der Waals surface area (Å²) in [6.07, 6.45) is 6.55. The molecule has 382 valence electrons. The monoisotopic (exact) mass is 1010 g/mol. The van der Waals surface area contributed by atoms with Crippen LogP contribution < -0.4 is 9.80 Å². The van der Waals surface area contributed by atoms with E-state index in [4.69, 9.17) is 8.83 Å².